The monoisotopic (exact) mass is 488 g/mol. The van der Waals surface area contributed by atoms with Gasteiger partial charge in [-0.15, -0.1) is 0 Å². The molecule has 4 aromatic rings. The second-order valence-corrected chi connectivity index (χ2v) is 9.06. The molecule has 1 atom stereocenters. The minimum atomic E-state index is -0.607. The summed E-state index contributed by atoms with van der Waals surface area (Å²) in [5.41, 5.74) is 6.38. The van der Waals surface area contributed by atoms with Crippen molar-refractivity contribution < 1.29 is 9.66 Å². The third kappa shape index (κ3) is 5.31. The molecule has 1 aliphatic heterocycles. The molecule has 0 aliphatic carbocycles. The Labute approximate surface area is 216 Å². The van der Waals surface area contributed by atoms with Gasteiger partial charge < -0.3 is 10.1 Å². The number of hydrogen-bond donors (Lipinski definition) is 1. The maximum Gasteiger partial charge on any atom is 0.276 e. The van der Waals surface area contributed by atoms with E-state index in [-0.39, 0.29) is 10.6 Å². The molecule has 5 rings (SSSR count). The van der Waals surface area contributed by atoms with E-state index in [0.717, 1.165) is 33.5 Å². The molecule has 184 valence electrons. The van der Waals surface area contributed by atoms with E-state index in [1.165, 1.54) is 0 Å². The van der Waals surface area contributed by atoms with Crippen LogP contribution in [0.5, 0.6) is 5.75 Å². The summed E-state index contributed by atoms with van der Waals surface area (Å²) in [6.07, 6.45) is 0.622. The van der Waals surface area contributed by atoms with E-state index in [1.807, 2.05) is 103 Å². The van der Waals surface area contributed by atoms with Crippen LogP contribution in [0.1, 0.15) is 35.1 Å². The lowest BCUT2D eigenvalue weighted by Crippen LogP contribution is -2.29. The second kappa shape index (κ2) is 11.0. The van der Waals surface area contributed by atoms with Gasteiger partial charge in [-0.1, -0.05) is 109 Å². The summed E-state index contributed by atoms with van der Waals surface area (Å²) in [5.74, 6) is 0.0298. The number of nitro groups is 1. The van der Waals surface area contributed by atoms with E-state index >= 15 is 0 Å². The van der Waals surface area contributed by atoms with Crippen LogP contribution in [-0.2, 0) is 13.0 Å². The Balaban J connectivity index is 1.66. The highest BCUT2D eigenvalue weighted by Gasteiger charge is 2.40. The van der Waals surface area contributed by atoms with Crippen molar-refractivity contribution in [2.24, 2.45) is 0 Å². The molecule has 0 bridgehead atoms. The van der Waals surface area contributed by atoms with Crippen molar-refractivity contribution in [3.05, 3.63) is 165 Å². The van der Waals surface area contributed by atoms with Crippen molar-refractivity contribution in [1.82, 2.24) is 5.32 Å². The van der Waals surface area contributed by atoms with Gasteiger partial charge in [0, 0.05) is 17.7 Å². The molecule has 0 amide bonds. The highest BCUT2D eigenvalue weighted by atomic mass is 16.6. The lowest BCUT2D eigenvalue weighted by atomic mass is 9.79. The summed E-state index contributed by atoms with van der Waals surface area (Å²) in [6.45, 7) is 2.16. The van der Waals surface area contributed by atoms with Crippen LogP contribution in [0.15, 0.2) is 132 Å². The molecule has 1 heterocycles. The highest BCUT2D eigenvalue weighted by molar-refractivity contribution is 5.79. The van der Waals surface area contributed by atoms with Crippen LogP contribution in [-0.4, -0.2) is 4.92 Å². The lowest BCUT2D eigenvalue weighted by Gasteiger charge is -2.30. The molecule has 1 unspecified atom stereocenters. The molecule has 4 aromatic carbocycles. The van der Waals surface area contributed by atoms with Crippen molar-refractivity contribution in [2.75, 3.05) is 0 Å². The predicted octanol–water partition coefficient (Wildman–Crippen LogP) is 7.11. The van der Waals surface area contributed by atoms with Gasteiger partial charge >= 0.3 is 0 Å². The van der Waals surface area contributed by atoms with Gasteiger partial charge in [-0.3, -0.25) is 10.1 Å². The van der Waals surface area contributed by atoms with Gasteiger partial charge in [-0.2, -0.15) is 0 Å². The zero-order valence-electron chi connectivity index (χ0n) is 20.6. The van der Waals surface area contributed by atoms with Gasteiger partial charge in [0.25, 0.3) is 5.70 Å². The average molecular weight is 489 g/mol. The van der Waals surface area contributed by atoms with Gasteiger partial charge in [0.05, 0.1) is 10.6 Å². The first-order valence-electron chi connectivity index (χ1n) is 12.3. The minimum absolute atomic E-state index is 0.131. The maximum absolute atomic E-state index is 12.5. The van der Waals surface area contributed by atoms with Crippen LogP contribution < -0.4 is 10.1 Å². The summed E-state index contributed by atoms with van der Waals surface area (Å²) in [7, 11) is 0. The number of rotatable bonds is 8. The summed E-state index contributed by atoms with van der Waals surface area (Å²) >= 11 is 0. The Kier molecular flexibility index (Phi) is 7.13. The Morgan fingerprint density at radius 2 is 1.35 bits per heavy atom. The fraction of sp³-hybridized carbons (Fsp3) is 0.125. The zero-order chi connectivity index (χ0) is 25.6. The van der Waals surface area contributed by atoms with Gasteiger partial charge in [0.15, 0.2) is 0 Å². The van der Waals surface area contributed by atoms with Crippen LogP contribution in [0.2, 0.25) is 0 Å². The van der Waals surface area contributed by atoms with E-state index < -0.39 is 5.92 Å². The molecule has 0 spiro atoms. The topological polar surface area (TPSA) is 64.4 Å². The molecule has 1 N–H and O–H groups in total. The molecule has 0 saturated carbocycles. The standard InChI is InChI=1S/C32H28N2O3/c1-23-32(34(35)36)31(27-19-11-12-20-29(27)37-22-25-15-7-3-8-16-25)30(26-17-9-4-10-18-26)28(33-23)21-24-13-5-2-6-14-24/h2-20,31,33H,21-22H2,1H3. The first-order valence-corrected chi connectivity index (χ1v) is 12.3. The Morgan fingerprint density at radius 3 is 2.00 bits per heavy atom. The highest BCUT2D eigenvalue weighted by Crippen LogP contribution is 2.46. The molecular formula is C32H28N2O3. The van der Waals surface area contributed by atoms with E-state index in [1.54, 1.807) is 6.92 Å². The maximum atomic E-state index is 12.5. The SMILES string of the molecule is CC1=C([N+](=O)[O-])C(c2ccccc2OCc2ccccc2)C(c2ccccc2)=C(Cc2ccccc2)N1. The molecule has 37 heavy (non-hydrogen) atoms. The Bertz CT molecular complexity index is 1450. The number of benzene rings is 4. The summed E-state index contributed by atoms with van der Waals surface area (Å²) in [4.78, 5) is 12.3. The van der Waals surface area contributed by atoms with Crippen LogP contribution in [0.3, 0.4) is 0 Å². The number of allylic oxidation sites excluding steroid dienone is 3. The Hall–Kier alpha value is -4.64. The van der Waals surface area contributed by atoms with Crippen LogP contribution in [0.25, 0.3) is 5.57 Å². The van der Waals surface area contributed by atoms with Gasteiger partial charge in [0.1, 0.15) is 18.3 Å². The first kappa shape index (κ1) is 24.1. The average Bonchev–Trinajstić information content (AvgIpc) is 2.93. The first-order chi connectivity index (χ1) is 18.1. The molecular weight excluding hydrogens is 460 g/mol. The predicted molar refractivity (Wildman–Crippen MR) is 146 cm³/mol. The fourth-order valence-electron chi connectivity index (χ4n) is 4.91. The number of ether oxygens (including phenoxy) is 1. The third-order valence-corrected chi connectivity index (χ3v) is 6.58. The molecule has 0 radical (unpaired) electrons. The lowest BCUT2D eigenvalue weighted by molar-refractivity contribution is -0.430. The normalized spacial score (nSPS) is 15.3. The van der Waals surface area contributed by atoms with Crippen LogP contribution >= 0.6 is 0 Å². The fourth-order valence-corrected chi connectivity index (χ4v) is 4.91. The van der Waals surface area contributed by atoms with Crippen molar-refractivity contribution in [3.63, 3.8) is 0 Å². The van der Waals surface area contributed by atoms with Crippen molar-refractivity contribution in [3.8, 4) is 5.75 Å². The molecule has 1 aliphatic rings. The smallest absolute Gasteiger partial charge is 0.276 e. The van der Waals surface area contributed by atoms with E-state index in [4.69, 9.17) is 4.74 Å². The molecule has 5 nitrogen and oxygen atoms in total. The number of nitrogens with zero attached hydrogens (tertiary/aromatic N) is 1. The Morgan fingerprint density at radius 1 is 0.784 bits per heavy atom. The summed E-state index contributed by atoms with van der Waals surface area (Å²) in [5, 5.41) is 15.9. The number of dihydropyridines is 1. The quantitative estimate of drug-likeness (QED) is 0.212. The van der Waals surface area contributed by atoms with Gasteiger partial charge in [0.2, 0.25) is 0 Å². The van der Waals surface area contributed by atoms with E-state index in [9.17, 15) is 10.1 Å². The second-order valence-electron chi connectivity index (χ2n) is 9.06. The van der Waals surface area contributed by atoms with Crippen molar-refractivity contribution >= 4 is 5.57 Å². The summed E-state index contributed by atoms with van der Waals surface area (Å²) in [6, 6.07) is 37.7. The van der Waals surface area contributed by atoms with Crippen LogP contribution in [0.4, 0.5) is 0 Å². The van der Waals surface area contributed by atoms with E-state index in [2.05, 4.69) is 17.4 Å². The largest absolute Gasteiger partial charge is 0.489 e. The van der Waals surface area contributed by atoms with Crippen LogP contribution in [0, 0.1) is 10.1 Å². The van der Waals surface area contributed by atoms with Crippen molar-refractivity contribution in [1.29, 1.82) is 0 Å². The molecule has 0 saturated heterocycles. The van der Waals surface area contributed by atoms with Crippen molar-refractivity contribution in [2.45, 2.75) is 25.9 Å². The zero-order valence-corrected chi connectivity index (χ0v) is 20.6. The third-order valence-electron chi connectivity index (χ3n) is 6.58. The molecule has 0 fully saturated rings. The number of para-hydroxylation sites is 1. The molecule has 5 heteroatoms. The minimum Gasteiger partial charge on any atom is -0.489 e. The van der Waals surface area contributed by atoms with E-state index in [0.29, 0.717) is 24.5 Å². The van der Waals surface area contributed by atoms with Gasteiger partial charge in [-0.05, 0) is 35.3 Å². The number of hydrogen-bond acceptors (Lipinski definition) is 4. The van der Waals surface area contributed by atoms with Gasteiger partial charge in [-0.25, -0.2) is 0 Å². The summed E-state index contributed by atoms with van der Waals surface area (Å²) < 4.78 is 6.29. The number of nitrogens with one attached hydrogen (secondary N) is 1. The molecule has 0 aromatic heterocycles.